The van der Waals surface area contributed by atoms with Crippen molar-refractivity contribution in [1.82, 2.24) is 9.97 Å². The Morgan fingerprint density at radius 2 is 1.24 bits per heavy atom. The van der Waals surface area contributed by atoms with E-state index in [1.54, 1.807) is 0 Å². The molecule has 3 heterocycles. The first kappa shape index (κ1) is 31.0. The van der Waals surface area contributed by atoms with Gasteiger partial charge in [0.25, 0.3) is 0 Å². The number of rotatable bonds is 6. The smallest absolute Gasteiger partial charge is 0.128 e. The van der Waals surface area contributed by atoms with Gasteiger partial charge in [-0.2, -0.15) is 0 Å². The van der Waals surface area contributed by atoms with E-state index in [9.17, 15) is 0 Å². The van der Waals surface area contributed by atoms with Crippen molar-refractivity contribution in [3.8, 4) is 33.9 Å². The predicted octanol–water partition coefficient (Wildman–Crippen LogP) is 12.2. The molecule has 0 saturated carbocycles. The van der Waals surface area contributed by atoms with Crippen molar-refractivity contribution in [3.63, 3.8) is 0 Å². The van der Waals surface area contributed by atoms with Crippen LogP contribution in [0.5, 0.6) is 11.5 Å². The van der Waals surface area contributed by atoms with Crippen molar-refractivity contribution >= 4 is 22.7 Å². The summed E-state index contributed by atoms with van der Waals surface area (Å²) in [5, 5.41) is 1.12. The van der Waals surface area contributed by atoms with E-state index in [1.807, 2.05) is 42.2 Å². The van der Waals surface area contributed by atoms with Crippen LogP contribution in [0.1, 0.15) is 33.5 Å². The lowest BCUT2D eigenvalue weighted by atomic mass is 9.66. The van der Waals surface area contributed by atoms with Gasteiger partial charge in [-0.3, -0.25) is 4.98 Å². The number of fused-ring (bicyclic) bond motifs is 3. The fourth-order valence-electron chi connectivity index (χ4n) is 7.69. The summed E-state index contributed by atoms with van der Waals surface area (Å²) in [7, 11) is 0. The average Bonchev–Trinajstić information content (AvgIpc) is 3.17. The molecule has 2 aromatic heterocycles. The lowest BCUT2D eigenvalue weighted by Crippen LogP contribution is -2.34. The van der Waals surface area contributed by atoms with Crippen LogP contribution in [0.15, 0.2) is 180 Å². The lowest BCUT2D eigenvalue weighted by Gasteiger charge is -2.40. The monoisotopic (exact) mass is 674 g/mol. The van der Waals surface area contributed by atoms with Crippen molar-refractivity contribution < 1.29 is 4.74 Å². The Labute approximate surface area is 302 Å². The molecule has 0 bridgehead atoms. The molecular formula is C47H34N2OS. The molecule has 0 radical (unpaired) electrons. The van der Waals surface area contributed by atoms with E-state index in [2.05, 4.69) is 153 Å². The first-order valence-corrected chi connectivity index (χ1v) is 18.0. The zero-order valence-electron chi connectivity index (χ0n) is 28.4. The fourth-order valence-corrected chi connectivity index (χ4v) is 8.88. The highest BCUT2D eigenvalue weighted by Gasteiger charge is 2.45. The summed E-state index contributed by atoms with van der Waals surface area (Å²) in [4.78, 5) is 12.6. The molecule has 0 unspecified atom stereocenters. The maximum atomic E-state index is 6.90. The minimum absolute atomic E-state index is 0.640. The number of ether oxygens (including phenoxy) is 1. The molecule has 3 nitrogen and oxygen atoms in total. The standard InChI is InChI=1S/C47H34N2OS/c1-31-13-11-14-32(2)46(31)35-27-34(42-25-24-33-15-3-6-20-41(33)49-42)28-38(29-35)50-37-17-12-16-36(30-37)47(45-23-9-10-26-48-45)39-18-4-7-21-43(39)51-44-22-8-5-19-40(44)47/h3-30H,1-2H3. The first-order chi connectivity index (χ1) is 25.1. The zero-order valence-corrected chi connectivity index (χ0v) is 29.2. The van der Waals surface area contributed by atoms with Crippen LogP contribution < -0.4 is 4.74 Å². The average molecular weight is 675 g/mol. The van der Waals surface area contributed by atoms with Crippen LogP contribution in [0.4, 0.5) is 0 Å². The molecule has 4 heteroatoms. The summed E-state index contributed by atoms with van der Waals surface area (Å²) >= 11 is 1.82. The van der Waals surface area contributed by atoms with Crippen LogP contribution >= 0.6 is 11.8 Å². The third-order valence-electron chi connectivity index (χ3n) is 9.92. The van der Waals surface area contributed by atoms with Crippen LogP contribution in [0, 0.1) is 13.8 Å². The normalized spacial score (nSPS) is 13.0. The highest BCUT2D eigenvalue weighted by atomic mass is 32.2. The summed E-state index contributed by atoms with van der Waals surface area (Å²) < 4.78 is 6.90. The fraction of sp³-hybridized carbons (Fsp3) is 0.0638. The van der Waals surface area contributed by atoms with Crippen molar-refractivity contribution in [2.45, 2.75) is 29.1 Å². The molecular weight excluding hydrogens is 641 g/mol. The van der Waals surface area contributed by atoms with Gasteiger partial charge in [0.1, 0.15) is 11.5 Å². The van der Waals surface area contributed by atoms with E-state index in [0.717, 1.165) is 50.5 Å². The van der Waals surface area contributed by atoms with Gasteiger partial charge < -0.3 is 4.74 Å². The summed E-state index contributed by atoms with van der Waals surface area (Å²) in [5.74, 6) is 1.51. The Balaban J connectivity index is 1.22. The molecule has 0 N–H and O–H groups in total. The maximum absolute atomic E-state index is 6.90. The molecule has 244 valence electrons. The molecule has 0 saturated heterocycles. The third-order valence-corrected chi connectivity index (χ3v) is 11.1. The van der Waals surface area contributed by atoms with Crippen LogP contribution in [0.3, 0.4) is 0 Å². The number of benzene rings is 6. The highest BCUT2D eigenvalue weighted by molar-refractivity contribution is 7.99. The molecule has 8 aromatic rings. The summed E-state index contributed by atoms with van der Waals surface area (Å²) in [6.07, 6.45) is 1.89. The zero-order chi connectivity index (χ0) is 34.4. The number of para-hydroxylation sites is 1. The van der Waals surface area contributed by atoms with Gasteiger partial charge in [-0.05, 0) is 120 Å². The third kappa shape index (κ3) is 5.40. The van der Waals surface area contributed by atoms with E-state index in [-0.39, 0.29) is 0 Å². The number of nitrogens with zero attached hydrogens (tertiary/aromatic N) is 2. The van der Waals surface area contributed by atoms with Gasteiger partial charge in [0.15, 0.2) is 0 Å². The molecule has 0 aliphatic carbocycles. The second-order valence-corrected chi connectivity index (χ2v) is 14.2. The van der Waals surface area contributed by atoms with E-state index >= 15 is 0 Å². The number of pyridine rings is 2. The second kappa shape index (κ2) is 12.7. The van der Waals surface area contributed by atoms with Crippen molar-refractivity contribution in [1.29, 1.82) is 0 Å². The Morgan fingerprint density at radius 1 is 0.549 bits per heavy atom. The second-order valence-electron chi connectivity index (χ2n) is 13.1. The molecule has 0 amide bonds. The number of aromatic nitrogens is 2. The summed E-state index contributed by atoms with van der Waals surface area (Å²) in [6.45, 7) is 4.34. The first-order valence-electron chi connectivity index (χ1n) is 17.2. The van der Waals surface area contributed by atoms with Crippen LogP contribution in [-0.2, 0) is 5.41 Å². The molecule has 0 spiro atoms. The van der Waals surface area contributed by atoms with Crippen LogP contribution in [0.2, 0.25) is 0 Å². The van der Waals surface area contributed by atoms with E-state index < -0.39 is 5.41 Å². The lowest BCUT2D eigenvalue weighted by molar-refractivity contribution is 0.481. The molecule has 0 fully saturated rings. The van der Waals surface area contributed by atoms with Gasteiger partial charge in [0.2, 0.25) is 0 Å². The Morgan fingerprint density at radius 3 is 2.00 bits per heavy atom. The van der Waals surface area contributed by atoms with Crippen LogP contribution in [-0.4, -0.2) is 9.97 Å². The molecule has 0 atom stereocenters. The minimum Gasteiger partial charge on any atom is -0.457 e. The minimum atomic E-state index is -0.640. The highest BCUT2D eigenvalue weighted by Crippen LogP contribution is 2.55. The van der Waals surface area contributed by atoms with E-state index in [4.69, 9.17) is 14.7 Å². The van der Waals surface area contributed by atoms with Gasteiger partial charge >= 0.3 is 0 Å². The van der Waals surface area contributed by atoms with Crippen molar-refractivity contribution in [3.05, 3.63) is 203 Å². The maximum Gasteiger partial charge on any atom is 0.128 e. The summed E-state index contributed by atoms with van der Waals surface area (Å²) in [6, 6.07) is 57.6. The SMILES string of the molecule is Cc1cccc(C)c1-c1cc(Oc2cccc(C3(c4ccccn4)c4ccccc4Sc4ccccc43)c2)cc(-c2ccc3ccccc3n2)c1. The molecule has 51 heavy (non-hydrogen) atoms. The predicted molar refractivity (Wildman–Crippen MR) is 209 cm³/mol. The van der Waals surface area contributed by atoms with Gasteiger partial charge in [-0.15, -0.1) is 0 Å². The van der Waals surface area contributed by atoms with Crippen LogP contribution in [0.25, 0.3) is 33.3 Å². The molecule has 6 aromatic carbocycles. The van der Waals surface area contributed by atoms with Crippen molar-refractivity contribution in [2.75, 3.05) is 0 Å². The Bertz CT molecular complexity index is 2510. The molecule has 1 aliphatic rings. The van der Waals surface area contributed by atoms with Gasteiger partial charge in [0.05, 0.1) is 22.3 Å². The van der Waals surface area contributed by atoms with Gasteiger partial charge in [0, 0.05) is 26.9 Å². The number of aryl methyl sites for hydroxylation is 2. The van der Waals surface area contributed by atoms with Gasteiger partial charge in [-0.1, -0.05) is 109 Å². The Hall–Kier alpha value is -5.97. The van der Waals surface area contributed by atoms with Crippen molar-refractivity contribution in [2.24, 2.45) is 0 Å². The topological polar surface area (TPSA) is 35.0 Å². The largest absolute Gasteiger partial charge is 0.457 e. The van der Waals surface area contributed by atoms with E-state index in [1.165, 1.54) is 37.6 Å². The quantitative estimate of drug-likeness (QED) is 0.176. The number of hydrogen-bond donors (Lipinski definition) is 0. The molecule has 9 rings (SSSR count). The molecule has 1 aliphatic heterocycles. The Kier molecular flexibility index (Phi) is 7.75. The number of hydrogen-bond acceptors (Lipinski definition) is 4. The van der Waals surface area contributed by atoms with E-state index in [0.29, 0.717) is 0 Å². The van der Waals surface area contributed by atoms with Gasteiger partial charge in [-0.25, -0.2) is 4.98 Å². The summed E-state index contributed by atoms with van der Waals surface area (Å²) in [5.41, 5.74) is 11.5.